The van der Waals surface area contributed by atoms with E-state index in [4.69, 9.17) is 27.9 Å². The first-order valence-electron chi connectivity index (χ1n) is 7.23. The molecule has 0 fully saturated rings. The molecule has 0 radical (unpaired) electrons. The van der Waals surface area contributed by atoms with Crippen molar-refractivity contribution in [1.29, 1.82) is 0 Å². The molecule has 2 rings (SSSR count). The van der Waals surface area contributed by atoms with Gasteiger partial charge in [-0.05, 0) is 51.1 Å². The first-order chi connectivity index (χ1) is 10.9. The van der Waals surface area contributed by atoms with Gasteiger partial charge in [0.2, 0.25) is 0 Å². The Hall–Kier alpha value is -1.78. The average molecular weight is 353 g/mol. The molecule has 0 aliphatic rings. The van der Waals surface area contributed by atoms with Gasteiger partial charge >= 0.3 is 0 Å². The highest BCUT2D eigenvalue weighted by molar-refractivity contribution is 6.55. The molecule has 0 saturated carbocycles. The van der Waals surface area contributed by atoms with Gasteiger partial charge in [0.15, 0.2) is 10.6 Å². The quantitative estimate of drug-likeness (QED) is 0.579. The molecule has 0 spiro atoms. The SMILES string of the molecule is CCOc1ccc(C(=CC(=O)C(Cl)Cl)n2nc(C)cc2C)cc1. The van der Waals surface area contributed by atoms with Crippen molar-refractivity contribution in [1.82, 2.24) is 9.78 Å². The number of allylic oxidation sites excluding steroid dienone is 1. The summed E-state index contributed by atoms with van der Waals surface area (Å²) < 4.78 is 7.15. The molecule has 0 bridgehead atoms. The second-order valence-electron chi connectivity index (χ2n) is 5.03. The van der Waals surface area contributed by atoms with Crippen LogP contribution >= 0.6 is 23.2 Å². The van der Waals surface area contributed by atoms with E-state index in [1.165, 1.54) is 6.08 Å². The molecule has 1 aromatic carbocycles. The minimum atomic E-state index is -1.11. The van der Waals surface area contributed by atoms with Crippen molar-refractivity contribution in [2.75, 3.05) is 6.61 Å². The highest BCUT2D eigenvalue weighted by Gasteiger charge is 2.15. The lowest BCUT2D eigenvalue weighted by molar-refractivity contribution is -0.113. The third-order valence-electron chi connectivity index (χ3n) is 3.19. The van der Waals surface area contributed by atoms with Gasteiger partial charge in [-0.3, -0.25) is 4.79 Å². The second kappa shape index (κ2) is 7.66. The number of carbonyl (C=O) groups is 1. The Morgan fingerprint density at radius 2 is 1.96 bits per heavy atom. The summed E-state index contributed by atoms with van der Waals surface area (Å²) in [4.78, 5) is 10.9. The van der Waals surface area contributed by atoms with Crippen LogP contribution in [-0.2, 0) is 4.79 Å². The van der Waals surface area contributed by atoms with E-state index in [9.17, 15) is 4.79 Å². The highest BCUT2D eigenvalue weighted by atomic mass is 35.5. The predicted octanol–water partition coefficient (Wildman–Crippen LogP) is 4.16. The molecule has 0 aliphatic heterocycles. The first-order valence-corrected chi connectivity index (χ1v) is 8.10. The van der Waals surface area contributed by atoms with Crippen LogP contribution in [0.4, 0.5) is 0 Å². The summed E-state index contributed by atoms with van der Waals surface area (Å²) in [5, 5.41) is 4.44. The van der Waals surface area contributed by atoms with Crippen LogP contribution in [0.5, 0.6) is 5.75 Å². The van der Waals surface area contributed by atoms with Crippen molar-refractivity contribution in [3.05, 3.63) is 53.4 Å². The summed E-state index contributed by atoms with van der Waals surface area (Å²) in [5.74, 6) is 0.382. The predicted molar refractivity (Wildman–Crippen MR) is 93.2 cm³/mol. The molecule has 0 atom stereocenters. The molecule has 1 heterocycles. The van der Waals surface area contributed by atoms with Gasteiger partial charge in [0.1, 0.15) is 5.75 Å². The maximum Gasteiger partial charge on any atom is 0.190 e. The minimum Gasteiger partial charge on any atom is -0.494 e. The summed E-state index contributed by atoms with van der Waals surface area (Å²) >= 11 is 11.4. The number of rotatable bonds is 6. The lowest BCUT2D eigenvalue weighted by Gasteiger charge is -2.12. The Labute approximate surface area is 145 Å². The van der Waals surface area contributed by atoms with E-state index in [1.807, 2.05) is 51.1 Å². The average Bonchev–Trinajstić information content (AvgIpc) is 2.84. The largest absolute Gasteiger partial charge is 0.494 e. The number of halogens is 2. The molecule has 2 aromatic rings. The van der Waals surface area contributed by atoms with Crippen molar-refractivity contribution < 1.29 is 9.53 Å². The molecule has 1 aromatic heterocycles. The monoisotopic (exact) mass is 352 g/mol. The van der Waals surface area contributed by atoms with Gasteiger partial charge in [0, 0.05) is 17.3 Å². The van der Waals surface area contributed by atoms with E-state index in [1.54, 1.807) is 4.68 Å². The van der Waals surface area contributed by atoms with Crippen molar-refractivity contribution >= 4 is 34.7 Å². The number of aryl methyl sites for hydroxylation is 2. The number of ether oxygens (including phenoxy) is 1. The number of hydrogen-bond acceptors (Lipinski definition) is 3. The number of benzene rings is 1. The number of hydrogen-bond donors (Lipinski definition) is 0. The van der Waals surface area contributed by atoms with Crippen LogP contribution in [-0.4, -0.2) is 27.0 Å². The Morgan fingerprint density at radius 1 is 1.30 bits per heavy atom. The normalized spacial score (nSPS) is 11.8. The molecule has 0 N–H and O–H groups in total. The zero-order valence-corrected chi connectivity index (χ0v) is 14.7. The molecular weight excluding hydrogens is 335 g/mol. The molecule has 122 valence electrons. The molecule has 0 unspecified atom stereocenters. The Morgan fingerprint density at radius 3 is 2.43 bits per heavy atom. The van der Waals surface area contributed by atoms with Crippen LogP contribution < -0.4 is 4.74 Å². The third-order valence-corrected chi connectivity index (χ3v) is 3.62. The summed E-state index contributed by atoms with van der Waals surface area (Å²) in [6.07, 6.45) is 1.42. The third kappa shape index (κ3) is 4.36. The number of alkyl halides is 2. The van der Waals surface area contributed by atoms with Gasteiger partial charge in [0.05, 0.1) is 18.0 Å². The molecule has 6 heteroatoms. The maximum atomic E-state index is 12.0. The zero-order chi connectivity index (χ0) is 17.0. The fourth-order valence-corrected chi connectivity index (χ4v) is 2.35. The number of aromatic nitrogens is 2. The number of carbonyl (C=O) groups excluding carboxylic acids is 1. The van der Waals surface area contributed by atoms with Crippen molar-refractivity contribution in [2.45, 2.75) is 25.6 Å². The minimum absolute atomic E-state index is 0.384. The summed E-state index contributed by atoms with van der Waals surface area (Å²) in [6, 6.07) is 9.38. The fourth-order valence-electron chi connectivity index (χ4n) is 2.23. The Bertz CT molecular complexity index is 719. The van der Waals surface area contributed by atoms with Crippen LogP contribution in [0, 0.1) is 13.8 Å². The zero-order valence-electron chi connectivity index (χ0n) is 13.2. The fraction of sp³-hybridized carbons (Fsp3) is 0.294. The molecule has 0 aliphatic carbocycles. The lowest BCUT2D eigenvalue weighted by atomic mass is 10.1. The smallest absolute Gasteiger partial charge is 0.190 e. The number of nitrogens with zero attached hydrogens (tertiary/aromatic N) is 2. The number of ketones is 1. The van der Waals surface area contributed by atoms with E-state index in [-0.39, 0.29) is 5.78 Å². The maximum absolute atomic E-state index is 12.0. The van der Waals surface area contributed by atoms with Gasteiger partial charge in [-0.25, -0.2) is 4.68 Å². The van der Waals surface area contributed by atoms with E-state index in [0.29, 0.717) is 12.3 Å². The molecular formula is C17H18Cl2N2O2. The van der Waals surface area contributed by atoms with Crippen molar-refractivity contribution in [3.8, 4) is 5.75 Å². The molecule has 4 nitrogen and oxygen atoms in total. The van der Waals surface area contributed by atoms with Crippen LogP contribution in [0.2, 0.25) is 0 Å². The van der Waals surface area contributed by atoms with E-state index >= 15 is 0 Å². The highest BCUT2D eigenvalue weighted by Crippen LogP contribution is 2.23. The first kappa shape index (κ1) is 17.6. The van der Waals surface area contributed by atoms with Crippen molar-refractivity contribution in [2.24, 2.45) is 0 Å². The van der Waals surface area contributed by atoms with E-state index < -0.39 is 4.84 Å². The van der Waals surface area contributed by atoms with Gasteiger partial charge in [-0.15, -0.1) is 0 Å². The summed E-state index contributed by atoms with van der Waals surface area (Å²) in [7, 11) is 0. The Balaban J connectivity index is 2.49. The van der Waals surface area contributed by atoms with E-state index in [0.717, 1.165) is 22.7 Å². The van der Waals surface area contributed by atoms with Crippen LogP contribution in [0.3, 0.4) is 0 Å². The van der Waals surface area contributed by atoms with Gasteiger partial charge < -0.3 is 4.74 Å². The van der Waals surface area contributed by atoms with Gasteiger partial charge in [0.25, 0.3) is 0 Å². The second-order valence-corrected chi connectivity index (χ2v) is 6.13. The molecule has 0 saturated heterocycles. The van der Waals surface area contributed by atoms with Crippen LogP contribution in [0.1, 0.15) is 23.9 Å². The molecule has 0 amide bonds. The van der Waals surface area contributed by atoms with E-state index in [2.05, 4.69) is 5.10 Å². The van der Waals surface area contributed by atoms with Crippen LogP contribution in [0.15, 0.2) is 36.4 Å². The van der Waals surface area contributed by atoms with Gasteiger partial charge in [-0.2, -0.15) is 5.10 Å². The standard InChI is InChI=1S/C17H18Cl2N2O2/c1-4-23-14-7-5-13(6-8-14)15(10-16(22)17(18)19)21-12(3)9-11(2)20-21/h5-10,17H,4H2,1-3H3. The topological polar surface area (TPSA) is 44.1 Å². The molecule has 23 heavy (non-hydrogen) atoms. The summed E-state index contributed by atoms with van der Waals surface area (Å²) in [5.41, 5.74) is 3.22. The van der Waals surface area contributed by atoms with Gasteiger partial charge in [-0.1, -0.05) is 23.2 Å². The van der Waals surface area contributed by atoms with Crippen molar-refractivity contribution in [3.63, 3.8) is 0 Å². The summed E-state index contributed by atoms with van der Waals surface area (Å²) in [6.45, 7) is 6.34. The van der Waals surface area contributed by atoms with Crippen LogP contribution in [0.25, 0.3) is 5.70 Å². The lowest BCUT2D eigenvalue weighted by Crippen LogP contribution is -2.10. The Kier molecular flexibility index (Phi) is 5.85.